The zero-order valence-corrected chi connectivity index (χ0v) is 16.6. The Kier molecular flexibility index (Phi) is 5.39. The maximum Gasteiger partial charge on any atom is 0.166 e. The highest BCUT2D eigenvalue weighted by atomic mass is 32.2. The van der Waals surface area contributed by atoms with E-state index in [2.05, 4.69) is 67.1 Å². The van der Waals surface area contributed by atoms with E-state index in [0.29, 0.717) is 5.69 Å². The lowest BCUT2D eigenvalue weighted by molar-refractivity contribution is 0.608. The van der Waals surface area contributed by atoms with Crippen molar-refractivity contribution in [2.45, 2.75) is 28.5 Å². The minimum Gasteiger partial charge on any atom is -0.573 e. The van der Waals surface area contributed by atoms with Gasteiger partial charge in [0.25, 0.3) is 0 Å². The molecule has 26 heavy (non-hydrogen) atoms. The average Bonchev–Trinajstić information content (AvgIpc) is 2.58. The molecule has 0 bridgehead atoms. The highest BCUT2D eigenvalue weighted by molar-refractivity contribution is 7.97. The molecule has 0 aliphatic carbocycles. The van der Waals surface area contributed by atoms with Crippen LogP contribution in [0.4, 0.5) is 5.69 Å². The van der Waals surface area contributed by atoms with E-state index in [4.69, 9.17) is 0 Å². The molecule has 0 saturated heterocycles. The van der Waals surface area contributed by atoms with Gasteiger partial charge in [-0.05, 0) is 44.2 Å². The van der Waals surface area contributed by atoms with Crippen molar-refractivity contribution in [3.63, 3.8) is 0 Å². The summed E-state index contributed by atoms with van der Waals surface area (Å²) in [4.78, 5) is 3.18. The Hall–Kier alpha value is -2.24. The first kappa shape index (κ1) is 18.5. The first-order valence-electron chi connectivity index (χ1n) is 8.23. The van der Waals surface area contributed by atoms with Gasteiger partial charge in [0.15, 0.2) is 14.7 Å². The molecule has 0 fully saturated rings. The molecule has 134 valence electrons. The van der Waals surface area contributed by atoms with Crippen LogP contribution in [-0.4, -0.2) is 14.7 Å². The highest BCUT2D eigenvalue weighted by Crippen LogP contribution is 2.39. The lowest BCUT2D eigenvalue weighted by Gasteiger charge is -2.21. The molecule has 0 heterocycles. The second kappa shape index (κ2) is 7.56. The van der Waals surface area contributed by atoms with E-state index in [9.17, 15) is 8.42 Å². The molecular formula is C21H21NO2S2. The van der Waals surface area contributed by atoms with Crippen LogP contribution in [-0.2, 0) is 20.9 Å². The van der Waals surface area contributed by atoms with Crippen LogP contribution in [0, 0.1) is 13.8 Å². The molecule has 0 unspecified atom stereocenters. The Bertz CT molecular complexity index is 949. The summed E-state index contributed by atoms with van der Waals surface area (Å²) in [6.07, 6.45) is 1.12. The Labute approximate surface area is 158 Å². The molecule has 0 saturated carbocycles. The summed E-state index contributed by atoms with van der Waals surface area (Å²) in [5.41, 5.74) is 2.88. The van der Waals surface area contributed by atoms with E-state index in [-0.39, 0.29) is 0 Å². The SMILES string of the molecule is Cc1ccc([S+](c2ccc(C)cc2)c2ccccc2[N-]S(C)(=O)=O)cc1. The van der Waals surface area contributed by atoms with Crippen molar-refractivity contribution in [1.29, 1.82) is 0 Å². The zero-order chi connectivity index (χ0) is 18.7. The molecule has 0 spiro atoms. The largest absolute Gasteiger partial charge is 0.573 e. The molecule has 3 aromatic rings. The minimum atomic E-state index is -3.48. The van der Waals surface area contributed by atoms with Crippen LogP contribution in [0.3, 0.4) is 0 Å². The maximum atomic E-state index is 11.8. The van der Waals surface area contributed by atoms with Gasteiger partial charge in [-0.1, -0.05) is 59.3 Å². The number of sulfonamides is 1. The second-order valence-corrected chi connectivity index (χ2v) is 9.87. The van der Waals surface area contributed by atoms with Crippen LogP contribution in [0.5, 0.6) is 0 Å². The molecule has 0 atom stereocenters. The third-order valence-electron chi connectivity index (χ3n) is 3.86. The summed E-state index contributed by atoms with van der Waals surface area (Å²) in [5, 5.41) is 0. The predicted octanol–water partition coefficient (Wildman–Crippen LogP) is 5.36. The quantitative estimate of drug-likeness (QED) is 0.557. The standard InChI is InChI=1S/C21H21NO2S2/c1-16-8-12-18(13-9-16)25(19-14-10-17(2)11-15-19)21-7-5-4-6-20(21)22-26(3,23)24/h4-15H,1-3H3. The average molecular weight is 384 g/mol. The van der Waals surface area contributed by atoms with Crippen LogP contribution in [0.25, 0.3) is 4.72 Å². The van der Waals surface area contributed by atoms with Crippen molar-refractivity contribution in [2.75, 3.05) is 6.26 Å². The van der Waals surface area contributed by atoms with Crippen molar-refractivity contribution < 1.29 is 8.42 Å². The summed E-state index contributed by atoms with van der Waals surface area (Å²) in [5.74, 6) is 0. The van der Waals surface area contributed by atoms with Crippen LogP contribution < -0.4 is 0 Å². The third-order valence-corrected chi connectivity index (χ3v) is 6.66. The molecule has 3 rings (SSSR count). The van der Waals surface area contributed by atoms with Gasteiger partial charge in [-0.2, -0.15) is 0 Å². The summed E-state index contributed by atoms with van der Waals surface area (Å²) in [6.45, 7) is 4.11. The summed E-state index contributed by atoms with van der Waals surface area (Å²) in [6, 6.07) is 24.2. The van der Waals surface area contributed by atoms with Gasteiger partial charge in [0.1, 0.15) is 0 Å². The number of rotatable bonds is 5. The van der Waals surface area contributed by atoms with Crippen molar-refractivity contribution in [3.05, 3.63) is 88.6 Å². The molecule has 0 radical (unpaired) electrons. The number of hydrogen-bond acceptors (Lipinski definition) is 2. The van der Waals surface area contributed by atoms with Gasteiger partial charge in [0, 0.05) is 6.26 Å². The van der Waals surface area contributed by atoms with Gasteiger partial charge in [-0.15, -0.1) is 0 Å². The first-order valence-corrected chi connectivity index (χ1v) is 11.3. The van der Waals surface area contributed by atoms with E-state index >= 15 is 0 Å². The highest BCUT2D eigenvalue weighted by Gasteiger charge is 2.29. The smallest absolute Gasteiger partial charge is 0.166 e. The fourth-order valence-corrected chi connectivity index (χ4v) is 5.33. The van der Waals surface area contributed by atoms with Crippen LogP contribution >= 0.6 is 0 Å². The lowest BCUT2D eigenvalue weighted by atomic mass is 10.2. The van der Waals surface area contributed by atoms with Crippen molar-refractivity contribution >= 4 is 26.6 Å². The molecule has 0 amide bonds. The van der Waals surface area contributed by atoms with E-state index < -0.39 is 20.9 Å². The van der Waals surface area contributed by atoms with E-state index in [1.165, 1.54) is 11.1 Å². The Morgan fingerprint density at radius 2 is 1.19 bits per heavy atom. The van der Waals surface area contributed by atoms with Gasteiger partial charge in [0.05, 0.1) is 20.9 Å². The third kappa shape index (κ3) is 4.48. The lowest BCUT2D eigenvalue weighted by Crippen LogP contribution is -2.06. The van der Waals surface area contributed by atoms with Crippen LogP contribution in [0.15, 0.2) is 87.5 Å². The summed E-state index contributed by atoms with van der Waals surface area (Å²) < 4.78 is 27.5. The van der Waals surface area contributed by atoms with Crippen molar-refractivity contribution in [2.24, 2.45) is 0 Å². The zero-order valence-electron chi connectivity index (χ0n) is 15.0. The molecule has 0 aromatic heterocycles. The van der Waals surface area contributed by atoms with Gasteiger partial charge in [0.2, 0.25) is 0 Å². The fraction of sp³-hybridized carbons (Fsp3) is 0.143. The first-order chi connectivity index (χ1) is 12.3. The van der Waals surface area contributed by atoms with Gasteiger partial charge in [-0.25, -0.2) is 8.42 Å². The number of nitrogens with zero attached hydrogens (tertiary/aromatic N) is 1. The summed E-state index contributed by atoms with van der Waals surface area (Å²) in [7, 11) is -3.92. The molecule has 0 aliphatic rings. The molecule has 0 N–H and O–H groups in total. The Morgan fingerprint density at radius 1 is 0.731 bits per heavy atom. The second-order valence-electron chi connectivity index (χ2n) is 6.22. The monoisotopic (exact) mass is 383 g/mol. The van der Waals surface area contributed by atoms with Crippen LogP contribution in [0.2, 0.25) is 0 Å². The summed E-state index contributed by atoms with van der Waals surface area (Å²) >= 11 is 0. The fourth-order valence-electron chi connectivity index (χ4n) is 2.62. The van der Waals surface area contributed by atoms with E-state index in [0.717, 1.165) is 20.9 Å². The normalized spacial score (nSPS) is 11.5. The predicted molar refractivity (Wildman–Crippen MR) is 109 cm³/mol. The molecule has 5 heteroatoms. The van der Waals surface area contributed by atoms with E-state index in [1.807, 2.05) is 18.2 Å². The molecule has 3 aromatic carbocycles. The number of benzene rings is 3. The molecule has 3 nitrogen and oxygen atoms in total. The van der Waals surface area contributed by atoms with Gasteiger partial charge in [-0.3, -0.25) is 0 Å². The van der Waals surface area contributed by atoms with E-state index in [1.54, 1.807) is 6.07 Å². The Balaban J connectivity index is 2.18. The maximum absolute atomic E-state index is 11.8. The Morgan fingerprint density at radius 3 is 1.65 bits per heavy atom. The van der Waals surface area contributed by atoms with Gasteiger partial charge >= 0.3 is 0 Å². The van der Waals surface area contributed by atoms with Crippen LogP contribution in [0.1, 0.15) is 11.1 Å². The van der Waals surface area contributed by atoms with Crippen molar-refractivity contribution in [1.82, 2.24) is 0 Å². The van der Waals surface area contributed by atoms with Crippen molar-refractivity contribution in [3.8, 4) is 0 Å². The number of hydrogen-bond donors (Lipinski definition) is 0. The molecular weight excluding hydrogens is 362 g/mol. The van der Waals surface area contributed by atoms with Gasteiger partial charge < -0.3 is 4.72 Å². The topological polar surface area (TPSA) is 48.2 Å². The molecule has 0 aliphatic heterocycles. The number of aryl methyl sites for hydroxylation is 2. The minimum absolute atomic E-state index is 0.436.